The Morgan fingerprint density at radius 3 is 2.46 bits per heavy atom. The van der Waals surface area contributed by atoms with Crippen molar-refractivity contribution < 1.29 is 18.4 Å². The number of benzene rings is 2. The van der Waals surface area contributed by atoms with Gasteiger partial charge in [0, 0.05) is 11.1 Å². The zero-order valence-corrected chi connectivity index (χ0v) is 15.5. The van der Waals surface area contributed by atoms with Gasteiger partial charge in [-0.1, -0.05) is 48.0 Å². The highest BCUT2D eigenvalue weighted by Gasteiger charge is 2.24. The highest BCUT2D eigenvalue weighted by Crippen LogP contribution is 2.28. The summed E-state index contributed by atoms with van der Waals surface area (Å²) in [5.74, 6) is 0.139. The number of hydrogen-bond donors (Lipinski definition) is 0. The second-order valence-corrected chi connectivity index (χ2v) is 6.39. The van der Waals surface area contributed by atoms with E-state index in [0.717, 1.165) is 16.7 Å². The highest BCUT2D eigenvalue weighted by molar-refractivity contribution is 5.94. The van der Waals surface area contributed by atoms with E-state index in [1.165, 1.54) is 6.26 Å². The number of ether oxygens (including phenoxy) is 1. The molecule has 0 radical (unpaired) electrons. The minimum atomic E-state index is -0.715. The summed E-state index contributed by atoms with van der Waals surface area (Å²) < 4.78 is 16.5. The van der Waals surface area contributed by atoms with E-state index in [2.05, 4.69) is 10.2 Å². The molecule has 1 unspecified atom stereocenters. The van der Waals surface area contributed by atoms with Crippen LogP contribution in [0.5, 0.6) is 0 Å². The van der Waals surface area contributed by atoms with Crippen LogP contribution < -0.4 is 0 Å². The van der Waals surface area contributed by atoms with Crippen LogP contribution in [-0.2, 0) is 4.74 Å². The number of carbonyl (C=O) groups excluding carboxylic acids is 1. The maximum Gasteiger partial charge on any atom is 0.375 e. The monoisotopic (exact) mass is 374 g/mol. The molecule has 0 aliphatic carbocycles. The molecule has 2 aromatic heterocycles. The van der Waals surface area contributed by atoms with Gasteiger partial charge < -0.3 is 13.6 Å². The van der Waals surface area contributed by atoms with Crippen molar-refractivity contribution in [2.75, 3.05) is 0 Å². The standard InChI is InChI=1S/C22H18N2O4/c1-14-8-10-17(11-9-14)21-24-23-20(28-21)15(2)27-22(25)19-18(12-13-26-19)16-6-4-3-5-7-16/h3-13,15H,1-2H3. The molecule has 6 heteroatoms. The number of furan rings is 1. The zero-order valence-electron chi connectivity index (χ0n) is 15.5. The molecule has 0 aliphatic rings. The molecule has 0 saturated heterocycles. The van der Waals surface area contributed by atoms with E-state index in [-0.39, 0.29) is 11.7 Å². The van der Waals surface area contributed by atoms with E-state index in [1.54, 1.807) is 13.0 Å². The molecule has 1 atom stereocenters. The van der Waals surface area contributed by atoms with Crippen LogP contribution in [0.1, 0.15) is 35.0 Å². The van der Waals surface area contributed by atoms with Crippen molar-refractivity contribution in [1.29, 1.82) is 0 Å². The molecule has 0 bridgehead atoms. The van der Waals surface area contributed by atoms with Crippen LogP contribution in [0, 0.1) is 6.92 Å². The molecule has 4 rings (SSSR count). The smallest absolute Gasteiger partial charge is 0.375 e. The molecule has 2 aromatic carbocycles. The number of nitrogens with zero attached hydrogens (tertiary/aromatic N) is 2. The van der Waals surface area contributed by atoms with E-state index < -0.39 is 12.1 Å². The Balaban J connectivity index is 1.50. The molecule has 0 fully saturated rings. The van der Waals surface area contributed by atoms with E-state index in [1.807, 2.05) is 61.5 Å². The normalized spacial score (nSPS) is 11.9. The Labute approximate surface area is 161 Å². The number of aromatic nitrogens is 2. The lowest BCUT2D eigenvalue weighted by Crippen LogP contribution is -2.09. The molecule has 28 heavy (non-hydrogen) atoms. The van der Waals surface area contributed by atoms with Gasteiger partial charge in [-0.2, -0.15) is 0 Å². The van der Waals surface area contributed by atoms with Gasteiger partial charge in [0.15, 0.2) is 6.10 Å². The SMILES string of the molecule is Cc1ccc(-c2nnc(C(C)OC(=O)c3occc3-c3ccccc3)o2)cc1. The third-order valence-corrected chi connectivity index (χ3v) is 4.31. The fraction of sp³-hybridized carbons (Fsp3) is 0.136. The number of hydrogen-bond acceptors (Lipinski definition) is 6. The van der Waals surface area contributed by atoms with Gasteiger partial charge in [-0.3, -0.25) is 0 Å². The van der Waals surface area contributed by atoms with E-state index >= 15 is 0 Å². The maximum atomic E-state index is 12.6. The summed E-state index contributed by atoms with van der Waals surface area (Å²) in [5, 5.41) is 8.05. The zero-order chi connectivity index (χ0) is 19.5. The lowest BCUT2D eigenvalue weighted by molar-refractivity contribution is 0.0245. The summed E-state index contributed by atoms with van der Waals surface area (Å²) in [4.78, 5) is 12.6. The largest absolute Gasteiger partial charge is 0.457 e. The average Bonchev–Trinajstić information content (AvgIpc) is 3.39. The number of aryl methyl sites for hydroxylation is 1. The predicted molar refractivity (Wildman–Crippen MR) is 102 cm³/mol. The van der Waals surface area contributed by atoms with Gasteiger partial charge in [-0.05, 0) is 37.6 Å². The molecule has 4 aromatic rings. The molecule has 0 amide bonds. The van der Waals surface area contributed by atoms with Crippen LogP contribution in [0.4, 0.5) is 0 Å². The van der Waals surface area contributed by atoms with Gasteiger partial charge in [0.25, 0.3) is 5.89 Å². The third kappa shape index (κ3) is 3.57. The van der Waals surface area contributed by atoms with Crippen molar-refractivity contribution in [2.24, 2.45) is 0 Å². The molecule has 0 aliphatic heterocycles. The van der Waals surface area contributed by atoms with E-state index in [0.29, 0.717) is 11.5 Å². The first-order chi connectivity index (χ1) is 13.6. The van der Waals surface area contributed by atoms with Crippen molar-refractivity contribution in [2.45, 2.75) is 20.0 Å². The summed E-state index contributed by atoms with van der Waals surface area (Å²) >= 11 is 0. The van der Waals surface area contributed by atoms with Crippen molar-refractivity contribution in [3.63, 3.8) is 0 Å². The van der Waals surface area contributed by atoms with Gasteiger partial charge in [0.1, 0.15) is 0 Å². The first-order valence-corrected chi connectivity index (χ1v) is 8.86. The maximum absolute atomic E-state index is 12.6. The molecule has 0 spiro atoms. The second kappa shape index (κ2) is 7.52. The summed E-state index contributed by atoms with van der Waals surface area (Å²) in [6, 6.07) is 19.0. The van der Waals surface area contributed by atoms with Gasteiger partial charge >= 0.3 is 5.97 Å². The topological polar surface area (TPSA) is 78.4 Å². The average molecular weight is 374 g/mol. The lowest BCUT2D eigenvalue weighted by atomic mass is 10.1. The van der Waals surface area contributed by atoms with Crippen molar-refractivity contribution in [1.82, 2.24) is 10.2 Å². The van der Waals surface area contributed by atoms with Crippen LogP contribution in [0.2, 0.25) is 0 Å². The Bertz CT molecular complexity index is 1080. The van der Waals surface area contributed by atoms with E-state index in [9.17, 15) is 4.79 Å². The first kappa shape index (κ1) is 17.7. The predicted octanol–water partition coefficient (Wildman–Crippen LogP) is 5.22. The van der Waals surface area contributed by atoms with E-state index in [4.69, 9.17) is 13.6 Å². The van der Waals surface area contributed by atoms with Crippen molar-refractivity contribution >= 4 is 5.97 Å². The minimum absolute atomic E-state index is 0.135. The van der Waals surface area contributed by atoms with Crippen molar-refractivity contribution in [3.05, 3.63) is 84.1 Å². The van der Waals surface area contributed by atoms with Gasteiger partial charge in [-0.15, -0.1) is 10.2 Å². The molecular weight excluding hydrogens is 356 g/mol. The summed E-state index contributed by atoms with van der Waals surface area (Å²) in [6.07, 6.45) is 0.749. The number of rotatable bonds is 5. The van der Waals surface area contributed by atoms with Crippen LogP contribution in [0.25, 0.3) is 22.6 Å². The molecule has 0 N–H and O–H groups in total. The molecular formula is C22H18N2O4. The Morgan fingerprint density at radius 1 is 0.964 bits per heavy atom. The molecule has 6 nitrogen and oxygen atoms in total. The highest BCUT2D eigenvalue weighted by atomic mass is 16.6. The Hall–Kier alpha value is -3.67. The lowest BCUT2D eigenvalue weighted by Gasteiger charge is -2.09. The van der Waals surface area contributed by atoms with Crippen LogP contribution in [0.15, 0.2) is 75.8 Å². The van der Waals surface area contributed by atoms with Gasteiger partial charge in [0.05, 0.1) is 6.26 Å². The number of carbonyl (C=O) groups is 1. The fourth-order valence-corrected chi connectivity index (χ4v) is 2.79. The Morgan fingerprint density at radius 2 is 1.71 bits per heavy atom. The summed E-state index contributed by atoms with van der Waals surface area (Å²) in [7, 11) is 0. The van der Waals surface area contributed by atoms with Crippen LogP contribution in [-0.4, -0.2) is 16.2 Å². The molecule has 2 heterocycles. The fourth-order valence-electron chi connectivity index (χ4n) is 2.79. The molecule has 140 valence electrons. The van der Waals surface area contributed by atoms with Crippen LogP contribution >= 0.6 is 0 Å². The van der Waals surface area contributed by atoms with Crippen LogP contribution in [0.3, 0.4) is 0 Å². The number of esters is 1. The van der Waals surface area contributed by atoms with Gasteiger partial charge in [0.2, 0.25) is 11.7 Å². The minimum Gasteiger partial charge on any atom is -0.457 e. The summed E-state index contributed by atoms with van der Waals surface area (Å²) in [5.41, 5.74) is 3.48. The van der Waals surface area contributed by atoms with Crippen molar-refractivity contribution in [3.8, 4) is 22.6 Å². The third-order valence-electron chi connectivity index (χ3n) is 4.31. The quantitative estimate of drug-likeness (QED) is 0.446. The Kier molecular flexibility index (Phi) is 4.76. The second-order valence-electron chi connectivity index (χ2n) is 6.39. The summed E-state index contributed by atoms with van der Waals surface area (Å²) in [6.45, 7) is 3.68. The van der Waals surface area contributed by atoms with Gasteiger partial charge in [-0.25, -0.2) is 4.79 Å². The first-order valence-electron chi connectivity index (χ1n) is 8.86. The molecule has 0 saturated carbocycles.